The lowest BCUT2D eigenvalue weighted by Crippen LogP contribution is -2.22. The summed E-state index contributed by atoms with van der Waals surface area (Å²) in [5, 5.41) is 12.0. The Bertz CT molecular complexity index is 839. The van der Waals surface area contributed by atoms with E-state index in [1.165, 1.54) is 37.4 Å². The highest BCUT2D eigenvalue weighted by Crippen LogP contribution is 2.26. The number of nitrogens with one attached hydrogen (secondary N) is 1. The van der Waals surface area contributed by atoms with Gasteiger partial charge in [0.25, 0.3) is 10.0 Å². The Morgan fingerprint density at radius 1 is 1.21 bits per heavy atom. The van der Waals surface area contributed by atoms with Crippen LogP contribution < -0.4 is 9.83 Å². The van der Waals surface area contributed by atoms with Gasteiger partial charge in [-0.25, -0.2) is 13.2 Å². The minimum absolute atomic E-state index is 0.00159. The van der Waals surface area contributed by atoms with Crippen molar-refractivity contribution in [1.82, 2.24) is 0 Å². The molecule has 0 bridgehead atoms. The predicted molar refractivity (Wildman–Crippen MR) is 86.2 cm³/mol. The third-order valence-electron chi connectivity index (χ3n) is 3.13. The van der Waals surface area contributed by atoms with Crippen LogP contribution in [0.2, 0.25) is 0 Å². The number of anilines is 1. The number of rotatable bonds is 7. The molecule has 2 aromatic rings. The van der Waals surface area contributed by atoms with Crippen molar-refractivity contribution in [3.63, 3.8) is 0 Å². The number of thiophene rings is 1. The summed E-state index contributed by atoms with van der Waals surface area (Å²) in [6, 6.07) is 7.29. The van der Waals surface area contributed by atoms with Gasteiger partial charge in [0.05, 0.1) is 17.7 Å². The van der Waals surface area contributed by atoms with E-state index in [2.05, 4.69) is 9.46 Å². The Morgan fingerprint density at radius 3 is 2.46 bits per heavy atom. The summed E-state index contributed by atoms with van der Waals surface area (Å²) >= 11 is 1.07. The molecule has 0 aliphatic carbocycles. The van der Waals surface area contributed by atoms with Crippen LogP contribution in [0.1, 0.15) is 21.7 Å². The van der Waals surface area contributed by atoms with Crippen molar-refractivity contribution in [2.75, 3.05) is 11.8 Å². The SMILES string of the molecule is COC(=O)c1sccc1NS(=O)(=O)c1ccc(CCC(=O)[O-])cc1. The minimum atomic E-state index is -3.88. The Balaban J connectivity index is 2.17. The van der Waals surface area contributed by atoms with Crippen molar-refractivity contribution < 1.29 is 27.9 Å². The fraction of sp³-hybridized carbons (Fsp3) is 0.200. The van der Waals surface area contributed by atoms with Gasteiger partial charge in [-0.15, -0.1) is 11.3 Å². The lowest BCUT2D eigenvalue weighted by Gasteiger charge is -2.09. The molecule has 0 saturated carbocycles. The Morgan fingerprint density at radius 2 is 1.88 bits per heavy atom. The number of carboxylic acid groups (broad SMARTS) is 1. The standard InChI is InChI=1S/C15H15NO6S2/c1-22-15(19)14-12(8-9-23-14)16-24(20,21)11-5-2-10(3-6-11)4-7-13(17)18/h2-3,5-6,8-9,16H,4,7H2,1H3,(H,17,18)/p-1. The summed E-state index contributed by atoms with van der Waals surface area (Å²) in [6.07, 6.45) is 0.120. The van der Waals surface area contributed by atoms with E-state index in [1.807, 2.05) is 0 Å². The molecule has 1 aromatic heterocycles. The highest BCUT2D eigenvalue weighted by atomic mass is 32.2. The maximum atomic E-state index is 12.4. The van der Waals surface area contributed by atoms with Crippen LogP contribution >= 0.6 is 11.3 Å². The van der Waals surface area contributed by atoms with Crippen molar-refractivity contribution in [1.29, 1.82) is 0 Å². The maximum Gasteiger partial charge on any atom is 0.350 e. The number of methoxy groups -OCH3 is 1. The molecule has 128 valence electrons. The van der Waals surface area contributed by atoms with Crippen LogP contribution in [0.25, 0.3) is 0 Å². The van der Waals surface area contributed by atoms with E-state index in [0.717, 1.165) is 11.3 Å². The first-order valence-corrected chi connectivity index (χ1v) is 9.17. The molecule has 1 N–H and O–H groups in total. The summed E-state index contributed by atoms with van der Waals surface area (Å²) in [4.78, 5) is 22.2. The van der Waals surface area contributed by atoms with E-state index in [9.17, 15) is 23.1 Å². The number of hydrogen-bond donors (Lipinski definition) is 1. The number of ether oxygens (including phenoxy) is 1. The number of carbonyl (C=O) groups excluding carboxylic acids is 2. The van der Waals surface area contributed by atoms with Crippen LogP contribution in [0.4, 0.5) is 5.69 Å². The fourth-order valence-corrected chi connectivity index (χ4v) is 3.83. The highest BCUT2D eigenvalue weighted by Gasteiger charge is 2.20. The van der Waals surface area contributed by atoms with Gasteiger partial charge in [0, 0.05) is 5.97 Å². The third-order valence-corrected chi connectivity index (χ3v) is 5.41. The van der Waals surface area contributed by atoms with Crippen LogP contribution in [0.5, 0.6) is 0 Å². The topological polar surface area (TPSA) is 113 Å². The van der Waals surface area contributed by atoms with Gasteiger partial charge in [-0.3, -0.25) is 4.72 Å². The van der Waals surface area contributed by atoms with Gasteiger partial charge in [0.2, 0.25) is 0 Å². The zero-order chi connectivity index (χ0) is 17.7. The number of carboxylic acids is 1. The number of hydrogen-bond acceptors (Lipinski definition) is 7. The predicted octanol–water partition coefficient (Wildman–Crippen LogP) is 1.02. The molecule has 2 rings (SSSR count). The van der Waals surface area contributed by atoms with Crippen LogP contribution in [-0.2, 0) is 26.0 Å². The molecule has 1 aromatic carbocycles. The van der Waals surface area contributed by atoms with Gasteiger partial charge in [-0.05, 0) is 42.0 Å². The first-order chi connectivity index (χ1) is 11.3. The minimum Gasteiger partial charge on any atom is -0.550 e. The van der Waals surface area contributed by atoms with Crippen LogP contribution in [-0.4, -0.2) is 27.5 Å². The number of benzene rings is 1. The molecule has 0 aliphatic heterocycles. The highest BCUT2D eigenvalue weighted by molar-refractivity contribution is 7.92. The molecular weight excluding hydrogens is 354 g/mol. The summed E-state index contributed by atoms with van der Waals surface area (Å²) in [7, 11) is -2.66. The van der Waals surface area contributed by atoms with Crippen LogP contribution in [0, 0.1) is 0 Å². The molecule has 0 radical (unpaired) electrons. The van der Waals surface area contributed by atoms with Crippen molar-refractivity contribution in [3.8, 4) is 0 Å². The van der Waals surface area contributed by atoms with Crippen molar-refractivity contribution in [3.05, 3.63) is 46.2 Å². The average Bonchev–Trinajstić information content (AvgIpc) is 3.00. The molecule has 0 unspecified atom stereocenters. The van der Waals surface area contributed by atoms with E-state index >= 15 is 0 Å². The molecule has 7 nitrogen and oxygen atoms in total. The number of aryl methyl sites for hydroxylation is 1. The van der Waals surface area contributed by atoms with Crippen molar-refractivity contribution in [2.24, 2.45) is 0 Å². The quantitative estimate of drug-likeness (QED) is 0.730. The van der Waals surface area contributed by atoms with Crippen molar-refractivity contribution in [2.45, 2.75) is 17.7 Å². The second kappa shape index (κ2) is 7.45. The van der Waals surface area contributed by atoms with E-state index in [-0.39, 0.29) is 28.3 Å². The van der Waals surface area contributed by atoms with E-state index in [4.69, 9.17) is 0 Å². The summed E-state index contributed by atoms with van der Waals surface area (Å²) in [6.45, 7) is 0. The Kier molecular flexibility index (Phi) is 5.58. The number of esters is 1. The van der Waals surface area contributed by atoms with Gasteiger partial charge in [-0.2, -0.15) is 0 Å². The molecule has 0 amide bonds. The average molecular weight is 368 g/mol. The smallest absolute Gasteiger partial charge is 0.350 e. The third kappa shape index (κ3) is 4.33. The number of carbonyl (C=O) groups is 2. The van der Waals surface area contributed by atoms with Crippen LogP contribution in [0.15, 0.2) is 40.6 Å². The maximum absolute atomic E-state index is 12.4. The lowest BCUT2D eigenvalue weighted by atomic mass is 10.1. The zero-order valence-corrected chi connectivity index (χ0v) is 14.3. The van der Waals surface area contributed by atoms with Crippen LogP contribution in [0.3, 0.4) is 0 Å². The molecule has 9 heteroatoms. The molecule has 0 aliphatic rings. The summed E-state index contributed by atoms with van der Waals surface area (Å²) < 4.78 is 31.7. The van der Waals surface area contributed by atoms with Gasteiger partial charge in [-0.1, -0.05) is 12.1 Å². The van der Waals surface area contributed by atoms with E-state index in [0.29, 0.717) is 5.56 Å². The monoisotopic (exact) mass is 368 g/mol. The van der Waals surface area contributed by atoms with Gasteiger partial charge in [0.1, 0.15) is 4.88 Å². The van der Waals surface area contributed by atoms with E-state index < -0.39 is 22.0 Å². The van der Waals surface area contributed by atoms with Gasteiger partial charge < -0.3 is 14.6 Å². The summed E-state index contributed by atoms with van der Waals surface area (Å²) in [5.41, 5.74) is 0.830. The summed E-state index contributed by atoms with van der Waals surface area (Å²) in [5.74, 6) is -1.79. The number of aliphatic carboxylic acids is 1. The normalized spacial score (nSPS) is 11.0. The largest absolute Gasteiger partial charge is 0.550 e. The Labute approximate surface area is 142 Å². The molecule has 0 atom stereocenters. The van der Waals surface area contributed by atoms with Gasteiger partial charge >= 0.3 is 5.97 Å². The first kappa shape index (κ1) is 18.0. The second-order valence-corrected chi connectivity index (χ2v) is 7.37. The Hall–Kier alpha value is -2.39. The fourth-order valence-electron chi connectivity index (χ4n) is 1.93. The lowest BCUT2D eigenvalue weighted by molar-refractivity contribution is -0.305. The van der Waals surface area contributed by atoms with Gasteiger partial charge in [0.15, 0.2) is 0 Å². The molecule has 0 spiro atoms. The first-order valence-electron chi connectivity index (χ1n) is 6.81. The second-order valence-electron chi connectivity index (χ2n) is 4.78. The molecule has 0 fully saturated rings. The molecule has 0 saturated heterocycles. The van der Waals surface area contributed by atoms with Crippen molar-refractivity contribution >= 4 is 39.0 Å². The van der Waals surface area contributed by atoms with E-state index in [1.54, 1.807) is 5.38 Å². The molecule has 1 heterocycles. The zero-order valence-electron chi connectivity index (χ0n) is 12.6. The number of sulfonamides is 1. The molecular formula is C15H14NO6S2-. The molecule has 24 heavy (non-hydrogen) atoms.